The van der Waals surface area contributed by atoms with Crippen LogP contribution in [-0.2, 0) is 15.8 Å². The van der Waals surface area contributed by atoms with Crippen LogP contribution in [0, 0.1) is 12.8 Å². The summed E-state index contributed by atoms with van der Waals surface area (Å²) in [7, 11) is -3.48. The van der Waals surface area contributed by atoms with Crippen molar-refractivity contribution in [3.05, 3.63) is 65.2 Å². The highest BCUT2D eigenvalue weighted by molar-refractivity contribution is 7.91. The highest BCUT2D eigenvalue weighted by Crippen LogP contribution is 2.32. The molecular formula is C18H19NO3S. The predicted octanol–water partition coefficient (Wildman–Crippen LogP) is 3.53. The summed E-state index contributed by atoms with van der Waals surface area (Å²) < 4.78 is 27.0. The topological polar surface area (TPSA) is 63.2 Å². The van der Waals surface area contributed by atoms with E-state index >= 15 is 0 Å². The Hall–Kier alpha value is -2.14. The average molecular weight is 329 g/mol. The van der Waals surface area contributed by atoms with E-state index in [0.717, 1.165) is 24.0 Å². The highest BCUT2D eigenvalue weighted by atomic mass is 32.2. The molecule has 0 amide bonds. The van der Waals surface area contributed by atoms with Gasteiger partial charge in [0.1, 0.15) is 0 Å². The maximum Gasteiger partial charge on any atom is 0.236 e. The summed E-state index contributed by atoms with van der Waals surface area (Å²) in [4.78, 5) is 11.9. The zero-order valence-corrected chi connectivity index (χ0v) is 13.8. The summed E-state index contributed by atoms with van der Waals surface area (Å²) in [5.74, 6) is 0.246. The molecule has 1 fully saturated rings. The number of sulfonamides is 1. The van der Waals surface area contributed by atoms with Crippen LogP contribution in [0.3, 0.4) is 0 Å². The van der Waals surface area contributed by atoms with Crippen molar-refractivity contribution < 1.29 is 13.2 Å². The highest BCUT2D eigenvalue weighted by Gasteiger charge is 2.30. The van der Waals surface area contributed by atoms with Gasteiger partial charge in [-0.3, -0.25) is 9.52 Å². The lowest BCUT2D eigenvalue weighted by molar-refractivity contribution is 0.0967. The number of anilines is 1. The molecule has 5 heteroatoms. The monoisotopic (exact) mass is 329 g/mol. The molecule has 1 N–H and O–H groups in total. The Morgan fingerprint density at radius 1 is 1.13 bits per heavy atom. The predicted molar refractivity (Wildman–Crippen MR) is 90.9 cm³/mol. The van der Waals surface area contributed by atoms with E-state index in [4.69, 9.17) is 0 Å². The minimum Gasteiger partial charge on any atom is -0.294 e. The van der Waals surface area contributed by atoms with Gasteiger partial charge in [0.25, 0.3) is 0 Å². The fourth-order valence-corrected chi connectivity index (χ4v) is 3.71. The molecule has 0 radical (unpaired) electrons. The molecule has 0 atom stereocenters. The smallest absolute Gasteiger partial charge is 0.236 e. The normalized spacial score (nSPS) is 14.5. The lowest BCUT2D eigenvalue weighted by Gasteiger charge is -2.09. The Morgan fingerprint density at radius 3 is 2.43 bits per heavy atom. The number of carbonyl (C=O) groups is 1. The summed E-state index contributed by atoms with van der Waals surface area (Å²) in [6, 6.07) is 14.1. The van der Waals surface area contributed by atoms with E-state index in [2.05, 4.69) is 4.72 Å². The Bertz CT molecular complexity index is 822. The number of Topliss-reactive ketones (excluding diaryl/α,β-unsaturated/α-hetero) is 1. The van der Waals surface area contributed by atoms with Gasteiger partial charge < -0.3 is 0 Å². The zero-order chi connectivity index (χ0) is 16.4. The molecule has 1 aliphatic carbocycles. The number of aryl methyl sites for hydroxylation is 1. The van der Waals surface area contributed by atoms with E-state index in [1.54, 1.807) is 30.3 Å². The van der Waals surface area contributed by atoms with Gasteiger partial charge in [0, 0.05) is 17.2 Å². The zero-order valence-electron chi connectivity index (χ0n) is 13.0. The SMILES string of the molecule is Cc1cccc(CS(=O)(=O)Nc2ccc(C(=O)C3CC3)cc2)c1. The van der Waals surface area contributed by atoms with E-state index in [1.165, 1.54) is 0 Å². The number of hydrogen-bond donors (Lipinski definition) is 1. The summed E-state index contributed by atoms with van der Waals surface area (Å²) in [5.41, 5.74) is 2.90. The van der Waals surface area contributed by atoms with Gasteiger partial charge in [0.2, 0.25) is 10.0 Å². The van der Waals surface area contributed by atoms with Crippen LogP contribution in [0.4, 0.5) is 5.69 Å². The van der Waals surface area contributed by atoms with Crippen molar-refractivity contribution in [2.45, 2.75) is 25.5 Å². The molecular weight excluding hydrogens is 310 g/mol. The maximum absolute atomic E-state index is 12.2. The van der Waals surface area contributed by atoms with E-state index in [9.17, 15) is 13.2 Å². The van der Waals surface area contributed by atoms with E-state index in [0.29, 0.717) is 11.3 Å². The van der Waals surface area contributed by atoms with Crippen LogP contribution in [-0.4, -0.2) is 14.2 Å². The standard InChI is InChI=1S/C18H19NO3S/c1-13-3-2-4-14(11-13)12-23(21,22)19-17-9-7-16(8-10-17)18(20)15-5-6-15/h2-4,7-11,15,19H,5-6,12H2,1H3. The minimum absolute atomic E-state index is 0.0720. The third kappa shape index (κ3) is 4.20. The van der Waals surface area contributed by atoms with E-state index in [1.807, 2.05) is 25.1 Å². The van der Waals surface area contributed by atoms with Crippen molar-refractivity contribution >= 4 is 21.5 Å². The molecule has 1 saturated carbocycles. The molecule has 0 spiro atoms. The first-order valence-corrected chi connectivity index (χ1v) is 9.28. The molecule has 0 bridgehead atoms. The second-order valence-electron chi connectivity index (χ2n) is 6.07. The van der Waals surface area contributed by atoms with Crippen molar-refractivity contribution in [3.63, 3.8) is 0 Å². The number of ketones is 1. The van der Waals surface area contributed by atoms with E-state index < -0.39 is 10.0 Å². The van der Waals surface area contributed by atoms with Gasteiger partial charge in [-0.15, -0.1) is 0 Å². The Labute approximate surface area is 136 Å². The molecule has 0 aromatic heterocycles. The Balaban J connectivity index is 1.68. The van der Waals surface area contributed by atoms with Crippen molar-refractivity contribution in [3.8, 4) is 0 Å². The molecule has 2 aromatic carbocycles. The van der Waals surface area contributed by atoms with Gasteiger partial charge in [-0.2, -0.15) is 0 Å². The van der Waals surface area contributed by atoms with Crippen molar-refractivity contribution in [1.29, 1.82) is 0 Å². The first kappa shape index (κ1) is 15.7. The number of hydrogen-bond acceptors (Lipinski definition) is 3. The van der Waals surface area contributed by atoms with Crippen LogP contribution in [0.2, 0.25) is 0 Å². The van der Waals surface area contributed by atoms with Gasteiger partial charge in [0.15, 0.2) is 5.78 Å². The molecule has 0 saturated heterocycles. The van der Waals surface area contributed by atoms with Crippen LogP contribution < -0.4 is 4.72 Å². The Morgan fingerprint density at radius 2 is 1.83 bits per heavy atom. The quantitative estimate of drug-likeness (QED) is 0.825. The number of benzene rings is 2. The summed E-state index contributed by atoms with van der Waals surface area (Å²) in [6.07, 6.45) is 1.92. The molecule has 2 aromatic rings. The lowest BCUT2D eigenvalue weighted by Crippen LogP contribution is -2.15. The molecule has 120 valence electrons. The minimum atomic E-state index is -3.48. The summed E-state index contributed by atoms with van der Waals surface area (Å²) in [6.45, 7) is 1.93. The summed E-state index contributed by atoms with van der Waals surface area (Å²) in [5, 5.41) is 0. The average Bonchev–Trinajstić information content (AvgIpc) is 3.31. The van der Waals surface area contributed by atoms with Gasteiger partial charge in [-0.05, 0) is 49.6 Å². The van der Waals surface area contributed by atoms with Gasteiger partial charge in [0.05, 0.1) is 5.75 Å². The fraction of sp³-hybridized carbons (Fsp3) is 0.278. The van der Waals surface area contributed by atoms with Crippen LogP contribution in [0.15, 0.2) is 48.5 Å². The molecule has 0 heterocycles. The first-order valence-electron chi connectivity index (χ1n) is 7.63. The fourth-order valence-electron chi connectivity index (χ4n) is 2.52. The van der Waals surface area contributed by atoms with Gasteiger partial charge in [-0.25, -0.2) is 8.42 Å². The number of rotatable bonds is 6. The molecule has 1 aliphatic rings. The lowest BCUT2D eigenvalue weighted by atomic mass is 10.1. The van der Waals surface area contributed by atoms with Crippen LogP contribution in [0.5, 0.6) is 0 Å². The molecule has 0 aliphatic heterocycles. The van der Waals surface area contributed by atoms with Crippen LogP contribution in [0.25, 0.3) is 0 Å². The third-order valence-electron chi connectivity index (χ3n) is 3.83. The second kappa shape index (κ2) is 6.16. The number of carbonyl (C=O) groups excluding carboxylic acids is 1. The van der Waals surface area contributed by atoms with Crippen molar-refractivity contribution in [2.24, 2.45) is 5.92 Å². The first-order chi connectivity index (χ1) is 10.9. The molecule has 23 heavy (non-hydrogen) atoms. The Kier molecular flexibility index (Phi) is 4.22. The van der Waals surface area contributed by atoms with Crippen LogP contribution >= 0.6 is 0 Å². The largest absolute Gasteiger partial charge is 0.294 e. The van der Waals surface area contributed by atoms with Crippen molar-refractivity contribution in [2.75, 3.05) is 4.72 Å². The number of nitrogens with one attached hydrogen (secondary N) is 1. The van der Waals surface area contributed by atoms with Crippen molar-refractivity contribution in [1.82, 2.24) is 0 Å². The third-order valence-corrected chi connectivity index (χ3v) is 5.09. The molecule has 0 unspecified atom stereocenters. The second-order valence-corrected chi connectivity index (χ2v) is 7.79. The van der Waals surface area contributed by atoms with Gasteiger partial charge >= 0.3 is 0 Å². The van der Waals surface area contributed by atoms with Crippen LogP contribution in [0.1, 0.15) is 34.3 Å². The molecule has 4 nitrogen and oxygen atoms in total. The van der Waals surface area contributed by atoms with E-state index in [-0.39, 0.29) is 17.5 Å². The summed E-state index contributed by atoms with van der Waals surface area (Å²) >= 11 is 0. The maximum atomic E-state index is 12.2. The van der Waals surface area contributed by atoms with Gasteiger partial charge in [-0.1, -0.05) is 29.8 Å². The molecule has 3 rings (SSSR count).